The fourth-order valence-corrected chi connectivity index (χ4v) is 4.59. The molecule has 0 bridgehead atoms. The number of amides is 5. The molecule has 0 fully saturated rings. The van der Waals surface area contributed by atoms with Crippen LogP contribution in [0.4, 0.5) is 31.0 Å². The van der Waals surface area contributed by atoms with E-state index in [1.54, 1.807) is 50.9 Å². The minimum atomic E-state index is -0.630. The summed E-state index contributed by atoms with van der Waals surface area (Å²) < 4.78 is 24.8. The lowest BCUT2D eigenvalue weighted by Crippen LogP contribution is -2.50. The molecule has 1 aromatic heterocycles. The van der Waals surface area contributed by atoms with Crippen molar-refractivity contribution in [3.05, 3.63) is 65.3 Å². The number of hydrogen-bond acceptors (Lipinski definition) is 7. The second-order valence-corrected chi connectivity index (χ2v) is 10.4. The zero-order chi connectivity index (χ0) is 30.6. The monoisotopic (exact) mass is 582 g/mol. The van der Waals surface area contributed by atoms with Crippen LogP contribution in [0, 0.1) is 25.6 Å². The van der Waals surface area contributed by atoms with Gasteiger partial charge in [-0.1, -0.05) is 18.1 Å². The lowest BCUT2D eigenvalue weighted by Gasteiger charge is -2.38. The molecule has 3 aromatic rings. The highest BCUT2D eigenvalue weighted by molar-refractivity contribution is 6.04. The molecule has 2 aromatic carbocycles. The van der Waals surface area contributed by atoms with Gasteiger partial charge in [0.25, 0.3) is 5.91 Å². The Bertz CT molecular complexity index is 1430. The zero-order valence-corrected chi connectivity index (χ0v) is 24.1. The Morgan fingerprint density at radius 3 is 2.52 bits per heavy atom. The quantitative estimate of drug-likeness (QED) is 0.321. The number of aryl methyl sites for hydroxylation is 2. The molecule has 4 N–H and O–H groups in total. The summed E-state index contributed by atoms with van der Waals surface area (Å²) in [6.45, 7) is 7.17. The Labute approximate surface area is 242 Å². The number of aliphatic hydroxyl groups excluding tert-OH is 1. The van der Waals surface area contributed by atoms with E-state index in [4.69, 9.17) is 9.26 Å². The summed E-state index contributed by atoms with van der Waals surface area (Å²) in [5.74, 6) is -0.497. The van der Waals surface area contributed by atoms with E-state index in [1.165, 1.54) is 29.2 Å². The van der Waals surface area contributed by atoms with Crippen molar-refractivity contribution in [3.63, 3.8) is 0 Å². The van der Waals surface area contributed by atoms with Crippen molar-refractivity contribution < 1.29 is 33.1 Å². The molecule has 0 aliphatic carbocycles. The van der Waals surface area contributed by atoms with Gasteiger partial charge in [-0.05, 0) is 57.2 Å². The van der Waals surface area contributed by atoms with E-state index in [0.717, 1.165) is 0 Å². The number of rotatable bonds is 7. The first-order valence-corrected chi connectivity index (χ1v) is 13.5. The number of urea groups is 2. The van der Waals surface area contributed by atoms with Gasteiger partial charge in [-0.3, -0.25) is 4.79 Å². The Balaban J connectivity index is 1.62. The Kier molecular flexibility index (Phi) is 9.31. The van der Waals surface area contributed by atoms with Crippen molar-refractivity contribution in [3.8, 4) is 5.75 Å². The molecule has 5 amide bonds. The number of halogens is 1. The number of aliphatic hydroxyl groups is 1. The smallest absolute Gasteiger partial charge is 0.323 e. The van der Waals surface area contributed by atoms with Crippen LogP contribution in [0.1, 0.15) is 35.7 Å². The molecule has 0 saturated carbocycles. The summed E-state index contributed by atoms with van der Waals surface area (Å²) in [5, 5.41) is 21.9. The predicted molar refractivity (Wildman–Crippen MR) is 154 cm³/mol. The van der Waals surface area contributed by atoms with Crippen molar-refractivity contribution >= 4 is 35.0 Å². The van der Waals surface area contributed by atoms with Crippen molar-refractivity contribution in [1.82, 2.24) is 15.0 Å². The molecular formula is C29H35FN6O6. The summed E-state index contributed by atoms with van der Waals surface area (Å²) in [7, 11) is 1.61. The van der Waals surface area contributed by atoms with Crippen LogP contribution in [-0.4, -0.2) is 76.9 Å². The normalized spacial score (nSPS) is 17.3. The average Bonchev–Trinajstić information content (AvgIpc) is 3.28. The summed E-state index contributed by atoms with van der Waals surface area (Å²) in [4.78, 5) is 42.6. The van der Waals surface area contributed by atoms with Gasteiger partial charge in [-0.2, -0.15) is 0 Å². The van der Waals surface area contributed by atoms with Crippen molar-refractivity contribution in [2.45, 2.75) is 39.8 Å². The van der Waals surface area contributed by atoms with Crippen molar-refractivity contribution in [2.24, 2.45) is 5.92 Å². The van der Waals surface area contributed by atoms with Crippen LogP contribution in [0.3, 0.4) is 0 Å². The molecule has 3 atom stereocenters. The molecule has 1 aliphatic heterocycles. The molecule has 42 heavy (non-hydrogen) atoms. The van der Waals surface area contributed by atoms with Crippen LogP contribution < -0.4 is 20.7 Å². The number of hydrogen-bond donors (Lipinski definition) is 4. The molecule has 0 saturated heterocycles. The lowest BCUT2D eigenvalue weighted by atomic mass is 9.99. The average molecular weight is 583 g/mol. The lowest BCUT2D eigenvalue weighted by molar-refractivity contribution is 0.0373. The number of aromatic nitrogens is 1. The van der Waals surface area contributed by atoms with Gasteiger partial charge in [0.1, 0.15) is 23.3 Å². The third-order valence-corrected chi connectivity index (χ3v) is 7.11. The molecule has 224 valence electrons. The zero-order valence-electron chi connectivity index (χ0n) is 24.1. The maximum atomic E-state index is 13.7. The van der Waals surface area contributed by atoms with E-state index >= 15 is 0 Å². The van der Waals surface area contributed by atoms with E-state index in [0.29, 0.717) is 22.8 Å². The number of anilines is 3. The minimum absolute atomic E-state index is 0.126. The maximum Gasteiger partial charge on any atom is 0.323 e. The van der Waals surface area contributed by atoms with Crippen molar-refractivity contribution in [1.29, 1.82) is 0 Å². The van der Waals surface area contributed by atoms with Crippen LogP contribution in [0.5, 0.6) is 5.75 Å². The Morgan fingerprint density at radius 2 is 1.88 bits per heavy atom. The van der Waals surface area contributed by atoms with Gasteiger partial charge in [0.15, 0.2) is 11.5 Å². The van der Waals surface area contributed by atoms with Gasteiger partial charge >= 0.3 is 12.1 Å². The molecular weight excluding hydrogens is 547 g/mol. The molecule has 12 nitrogen and oxygen atoms in total. The third kappa shape index (κ3) is 6.79. The Morgan fingerprint density at radius 1 is 1.17 bits per heavy atom. The molecule has 4 rings (SSSR count). The molecule has 0 radical (unpaired) electrons. The number of nitrogens with zero attached hydrogens (tertiary/aromatic N) is 3. The largest absolute Gasteiger partial charge is 0.485 e. The summed E-state index contributed by atoms with van der Waals surface area (Å²) >= 11 is 0. The molecule has 1 aliphatic rings. The summed E-state index contributed by atoms with van der Waals surface area (Å²) in [6.07, 6.45) is -0.617. The summed E-state index contributed by atoms with van der Waals surface area (Å²) in [5.41, 5.74) is 1.80. The van der Waals surface area contributed by atoms with Crippen LogP contribution >= 0.6 is 0 Å². The van der Waals surface area contributed by atoms with E-state index in [-0.39, 0.29) is 48.5 Å². The second-order valence-electron chi connectivity index (χ2n) is 10.4. The minimum Gasteiger partial charge on any atom is -0.485 e. The van der Waals surface area contributed by atoms with E-state index in [1.807, 2.05) is 6.92 Å². The Hall–Kier alpha value is -4.65. The molecule has 13 heteroatoms. The number of carbonyl (C=O) groups is 3. The highest BCUT2D eigenvalue weighted by Crippen LogP contribution is 2.35. The first-order chi connectivity index (χ1) is 20.0. The fourth-order valence-electron chi connectivity index (χ4n) is 4.59. The second kappa shape index (κ2) is 12.9. The maximum absolute atomic E-state index is 13.7. The van der Waals surface area contributed by atoms with Gasteiger partial charge in [-0.25, -0.2) is 14.0 Å². The van der Waals surface area contributed by atoms with E-state index in [9.17, 15) is 23.9 Å². The predicted octanol–water partition coefficient (Wildman–Crippen LogP) is 4.46. The molecule has 0 unspecified atom stereocenters. The standard InChI is InChI=1S/C29H35FN6O6/c1-16-13-36(17(2)15-37)27(38)22-7-6-8-23(32-28(39)31-21-11-9-20(30)10-12-21)26(22)41-24(16)14-35(5)29(40)33-25-18(3)34-42-19(25)4/h6-12,16-17,24,37H,13-15H2,1-5H3,(H,33,40)(H2,31,32,39)/t16-,17-,24+/m1/s1. The van der Waals surface area contributed by atoms with Crippen LogP contribution in [0.15, 0.2) is 47.0 Å². The number of para-hydroxylation sites is 1. The van der Waals surface area contributed by atoms with Gasteiger partial charge in [0.2, 0.25) is 0 Å². The number of fused-ring (bicyclic) bond motifs is 1. The number of nitrogens with one attached hydrogen (secondary N) is 3. The highest BCUT2D eigenvalue weighted by atomic mass is 19.1. The first-order valence-electron chi connectivity index (χ1n) is 13.5. The number of carbonyl (C=O) groups excluding carboxylic acids is 3. The van der Waals surface area contributed by atoms with Gasteiger partial charge in [0.05, 0.1) is 30.4 Å². The fraction of sp³-hybridized carbons (Fsp3) is 0.379. The SMILES string of the molecule is Cc1noc(C)c1NC(=O)N(C)C[C@@H]1Oc2c(NC(=O)Nc3ccc(F)cc3)cccc2C(=O)N([C@H](C)CO)C[C@H]1C. The van der Waals surface area contributed by atoms with Crippen molar-refractivity contribution in [2.75, 3.05) is 42.7 Å². The van der Waals surface area contributed by atoms with Crippen LogP contribution in [0.2, 0.25) is 0 Å². The highest BCUT2D eigenvalue weighted by Gasteiger charge is 2.35. The number of benzene rings is 2. The third-order valence-electron chi connectivity index (χ3n) is 7.11. The van der Waals surface area contributed by atoms with Gasteiger partial charge in [0, 0.05) is 25.2 Å². The number of likely N-dealkylation sites (N-methyl/N-ethyl adjacent to an activating group) is 1. The number of ether oxygens (including phenoxy) is 1. The van der Waals surface area contributed by atoms with E-state index in [2.05, 4.69) is 21.1 Å². The van der Waals surface area contributed by atoms with Crippen LogP contribution in [-0.2, 0) is 0 Å². The topological polar surface area (TPSA) is 149 Å². The van der Waals surface area contributed by atoms with Gasteiger partial charge in [-0.15, -0.1) is 0 Å². The van der Waals surface area contributed by atoms with E-state index < -0.39 is 30.0 Å². The molecule has 0 spiro atoms. The summed E-state index contributed by atoms with van der Waals surface area (Å²) in [6, 6.07) is 8.52. The van der Waals surface area contributed by atoms with Gasteiger partial charge < -0.3 is 40.1 Å². The van der Waals surface area contributed by atoms with Crippen LogP contribution in [0.25, 0.3) is 0 Å². The first kappa shape index (κ1) is 30.3. The molecule has 2 heterocycles.